The van der Waals surface area contributed by atoms with Crippen LogP contribution in [0.25, 0.3) is 0 Å². The van der Waals surface area contributed by atoms with Crippen molar-refractivity contribution >= 4 is 15.9 Å². The van der Waals surface area contributed by atoms with Crippen LogP contribution in [-0.4, -0.2) is 5.33 Å². The van der Waals surface area contributed by atoms with Gasteiger partial charge in [0.2, 0.25) is 0 Å². The van der Waals surface area contributed by atoms with Gasteiger partial charge in [-0.2, -0.15) is 0 Å². The van der Waals surface area contributed by atoms with E-state index in [1.807, 2.05) is 6.08 Å². The second-order valence-corrected chi connectivity index (χ2v) is 1.93. The Morgan fingerprint density at radius 2 is 2.29 bits per heavy atom. The normalized spacial score (nSPS) is 9.86. The molecule has 0 N–H and O–H groups in total. The first-order valence-electron chi connectivity index (χ1n) is 2.25. The van der Waals surface area contributed by atoms with Gasteiger partial charge in [-0.15, -0.1) is 0 Å². The lowest BCUT2D eigenvalue weighted by Crippen LogP contribution is -1.61. The molecule has 0 aromatic carbocycles. The van der Waals surface area contributed by atoms with E-state index in [1.165, 1.54) is 0 Å². The van der Waals surface area contributed by atoms with Gasteiger partial charge in [0.25, 0.3) is 0 Å². The van der Waals surface area contributed by atoms with Crippen molar-refractivity contribution in [1.82, 2.24) is 0 Å². The molecular weight excluding hydrogens is 152 g/mol. The Balaban J connectivity index is 2.92. The zero-order valence-electron chi connectivity index (χ0n) is 4.23. The Bertz CT molecular complexity index is 64.6. The molecule has 0 rings (SSSR count). The minimum absolute atomic E-state index is 1.04. The van der Waals surface area contributed by atoms with Gasteiger partial charge in [0.15, 0.2) is 0 Å². The summed E-state index contributed by atoms with van der Waals surface area (Å²) in [6.07, 6.45) is 6.89. The average molecular weight is 161 g/mol. The molecule has 0 fully saturated rings. The second kappa shape index (κ2) is 5.96. The van der Waals surface area contributed by atoms with E-state index in [1.54, 1.807) is 6.08 Å². The van der Waals surface area contributed by atoms with Crippen LogP contribution < -0.4 is 0 Å². The smallest absolute Gasteiger partial charge is 0.00660 e. The highest BCUT2D eigenvalue weighted by atomic mass is 79.9. The van der Waals surface area contributed by atoms with Crippen LogP contribution in [0.2, 0.25) is 0 Å². The first kappa shape index (κ1) is 6.96. The van der Waals surface area contributed by atoms with E-state index in [9.17, 15) is 0 Å². The summed E-state index contributed by atoms with van der Waals surface area (Å²) in [5.41, 5.74) is 0. The van der Waals surface area contributed by atoms with Crippen LogP contribution in [0.1, 0.15) is 6.42 Å². The lowest BCUT2D eigenvalue weighted by Gasteiger charge is -1.75. The van der Waals surface area contributed by atoms with Crippen molar-refractivity contribution in [3.05, 3.63) is 24.8 Å². The topological polar surface area (TPSA) is 0 Å². The molecule has 0 aliphatic carbocycles. The standard InChI is InChI=1S/C6H9Br/c1-2-3-4-5-6-7/h2-4H,1,5-6H2/b4-3+. The van der Waals surface area contributed by atoms with Gasteiger partial charge in [0.1, 0.15) is 0 Å². The maximum atomic E-state index is 3.53. The summed E-state index contributed by atoms with van der Waals surface area (Å²) in [6.45, 7) is 3.53. The van der Waals surface area contributed by atoms with Crippen LogP contribution in [0.5, 0.6) is 0 Å². The fourth-order valence-corrected chi connectivity index (χ4v) is 0.520. The van der Waals surface area contributed by atoms with E-state index in [0.29, 0.717) is 0 Å². The molecule has 0 nitrogen and oxygen atoms in total. The predicted octanol–water partition coefficient (Wildman–Crippen LogP) is 2.51. The van der Waals surface area contributed by atoms with E-state index < -0.39 is 0 Å². The Hall–Kier alpha value is -0.0400. The van der Waals surface area contributed by atoms with Gasteiger partial charge in [-0.3, -0.25) is 0 Å². The van der Waals surface area contributed by atoms with Crippen LogP contribution in [0.15, 0.2) is 24.8 Å². The largest absolute Gasteiger partial charge is 0.0991 e. The molecule has 40 valence electrons. The number of allylic oxidation sites excluding steroid dienone is 3. The van der Waals surface area contributed by atoms with Crippen LogP contribution >= 0.6 is 15.9 Å². The van der Waals surface area contributed by atoms with Gasteiger partial charge < -0.3 is 0 Å². The second-order valence-electron chi connectivity index (χ2n) is 1.14. The molecule has 0 aliphatic rings. The van der Waals surface area contributed by atoms with Crippen LogP contribution in [0.3, 0.4) is 0 Å². The van der Waals surface area contributed by atoms with E-state index in [-0.39, 0.29) is 0 Å². The summed E-state index contributed by atoms with van der Waals surface area (Å²) in [4.78, 5) is 0. The quantitative estimate of drug-likeness (QED) is 0.440. The summed E-state index contributed by atoms with van der Waals surface area (Å²) in [5, 5.41) is 1.04. The number of hydrogen-bond acceptors (Lipinski definition) is 0. The van der Waals surface area contributed by atoms with Crippen LogP contribution in [-0.2, 0) is 0 Å². The number of alkyl halides is 1. The van der Waals surface area contributed by atoms with Gasteiger partial charge in [0, 0.05) is 5.33 Å². The van der Waals surface area contributed by atoms with Gasteiger partial charge >= 0.3 is 0 Å². The molecule has 0 aliphatic heterocycles. The maximum absolute atomic E-state index is 3.53. The Morgan fingerprint density at radius 3 is 2.71 bits per heavy atom. The highest BCUT2D eigenvalue weighted by molar-refractivity contribution is 9.09. The third-order valence-corrected chi connectivity index (χ3v) is 1.01. The van der Waals surface area contributed by atoms with Crippen molar-refractivity contribution in [2.24, 2.45) is 0 Å². The third-order valence-electron chi connectivity index (χ3n) is 0.548. The lowest BCUT2D eigenvalue weighted by molar-refractivity contribution is 1.26. The summed E-state index contributed by atoms with van der Waals surface area (Å²) in [6, 6.07) is 0. The molecule has 0 saturated heterocycles. The number of halogens is 1. The molecule has 0 aromatic rings. The van der Waals surface area contributed by atoms with Crippen molar-refractivity contribution in [1.29, 1.82) is 0 Å². The molecule has 0 heterocycles. The Morgan fingerprint density at radius 1 is 1.57 bits per heavy atom. The first-order chi connectivity index (χ1) is 3.41. The molecule has 0 spiro atoms. The molecule has 0 bridgehead atoms. The van der Waals surface area contributed by atoms with Gasteiger partial charge in [-0.05, 0) is 6.42 Å². The molecule has 0 radical (unpaired) electrons. The van der Waals surface area contributed by atoms with E-state index >= 15 is 0 Å². The van der Waals surface area contributed by atoms with E-state index in [2.05, 4.69) is 28.6 Å². The minimum Gasteiger partial charge on any atom is -0.0991 e. The molecule has 0 aromatic heterocycles. The Kier molecular flexibility index (Phi) is 5.93. The molecule has 0 unspecified atom stereocenters. The summed E-state index contributed by atoms with van der Waals surface area (Å²) < 4.78 is 0. The summed E-state index contributed by atoms with van der Waals surface area (Å²) in [5.74, 6) is 0. The van der Waals surface area contributed by atoms with Crippen LogP contribution in [0, 0.1) is 0 Å². The van der Waals surface area contributed by atoms with E-state index in [0.717, 1.165) is 11.8 Å². The number of hydrogen-bond donors (Lipinski definition) is 0. The summed E-state index contributed by atoms with van der Waals surface area (Å²) >= 11 is 3.29. The fourth-order valence-electron chi connectivity index (χ4n) is 0.255. The predicted molar refractivity (Wildman–Crippen MR) is 37.7 cm³/mol. The minimum atomic E-state index is 1.04. The first-order valence-corrected chi connectivity index (χ1v) is 3.37. The highest BCUT2D eigenvalue weighted by Gasteiger charge is 1.67. The summed E-state index contributed by atoms with van der Waals surface area (Å²) in [7, 11) is 0. The number of rotatable bonds is 3. The molecule has 0 saturated carbocycles. The van der Waals surface area contributed by atoms with Crippen molar-refractivity contribution in [2.75, 3.05) is 5.33 Å². The van der Waals surface area contributed by atoms with Crippen molar-refractivity contribution in [2.45, 2.75) is 6.42 Å². The molecular formula is C6H9Br. The van der Waals surface area contributed by atoms with Crippen molar-refractivity contribution < 1.29 is 0 Å². The average Bonchev–Trinajstić information content (AvgIpc) is 1.69. The molecule has 0 atom stereocenters. The fraction of sp³-hybridized carbons (Fsp3) is 0.333. The molecule has 1 heteroatoms. The van der Waals surface area contributed by atoms with E-state index in [4.69, 9.17) is 0 Å². The lowest BCUT2D eigenvalue weighted by atomic mass is 10.4. The monoisotopic (exact) mass is 160 g/mol. The van der Waals surface area contributed by atoms with Crippen molar-refractivity contribution in [3.63, 3.8) is 0 Å². The van der Waals surface area contributed by atoms with Gasteiger partial charge in [-0.1, -0.05) is 40.7 Å². The zero-order chi connectivity index (χ0) is 5.54. The maximum Gasteiger partial charge on any atom is 0.00660 e. The van der Waals surface area contributed by atoms with Gasteiger partial charge in [-0.25, -0.2) is 0 Å². The molecule has 0 amide bonds. The van der Waals surface area contributed by atoms with Gasteiger partial charge in [0.05, 0.1) is 0 Å². The third kappa shape index (κ3) is 5.96. The SMILES string of the molecule is C=C/C=C/CCBr. The zero-order valence-corrected chi connectivity index (χ0v) is 5.82. The highest BCUT2D eigenvalue weighted by Crippen LogP contribution is 1.87. The Labute approximate surface area is 53.1 Å². The molecule has 7 heavy (non-hydrogen) atoms. The van der Waals surface area contributed by atoms with Crippen LogP contribution in [0.4, 0.5) is 0 Å². The van der Waals surface area contributed by atoms with Crippen molar-refractivity contribution in [3.8, 4) is 0 Å².